The molecule has 3 atom stereocenters. The monoisotopic (exact) mass is 488 g/mol. The van der Waals surface area contributed by atoms with Gasteiger partial charge in [-0.05, 0) is 63.3 Å². The molecule has 0 aliphatic carbocycles. The number of nitriles is 1. The van der Waals surface area contributed by atoms with Gasteiger partial charge < -0.3 is 19.6 Å². The SMILES string of the molecule is COc1cc(C)c(C(=O)N2CCCC[C@H]2c2cc3nc(N4C[C@@H](C#N)[C@@H](O)C4)c(C)cn3n2)cc1C. The molecule has 1 N–H and O–H groups in total. The van der Waals surface area contributed by atoms with Gasteiger partial charge in [-0.25, -0.2) is 9.50 Å². The van der Waals surface area contributed by atoms with E-state index in [2.05, 4.69) is 6.07 Å². The van der Waals surface area contributed by atoms with Crippen LogP contribution < -0.4 is 9.64 Å². The van der Waals surface area contributed by atoms with E-state index >= 15 is 0 Å². The molecule has 2 aromatic heterocycles. The number of carbonyl (C=O) groups excluding carboxylic acids is 1. The van der Waals surface area contributed by atoms with Gasteiger partial charge in [-0.1, -0.05) is 0 Å². The lowest BCUT2D eigenvalue weighted by Gasteiger charge is -2.35. The molecule has 1 amide bonds. The number of fused-ring (bicyclic) bond motifs is 1. The zero-order valence-corrected chi connectivity index (χ0v) is 21.2. The Balaban J connectivity index is 1.46. The molecule has 36 heavy (non-hydrogen) atoms. The third kappa shape index (κ3) is 4.16. The maximum Gasteiger partial charge on any atom is 0.254 e. The van der Waals surface area contributed by atoms with Gasteiger partial charge in [-0.3, -0.25) is 4.79 Å². The van der Waals surface area contributed by atoms with Gasteiger partial charge in [0.05, 0.1) is 36.9 Å². The number of anilines is 1. The van der Waals surface area contributed by atoms with E-state index in [4.69, 9.17) is 14.8 Å². The highest BCUT2D eigenvalue weighted by Gasteiger charge is 2.34. The molecule has 188 valence electrons. The van der Waals surface area contributed by atoms with Gasteiger partial charge in [0.25, 0.3) is 5.91 Å². The zero-order valence-electron chi connectivity index (χ0n) is 21.2. The average Bonchev–Trinajstić information content (AvgIpc) is 3.46. The van der Waals surface area contributed by atoms with E-state index in [0.717, 1.165) is 53.2 Å². The number of amides is 1. The number of likely N-dealkylation sites (tertiary alicyclic amines) is 1. The summed E-state index contributed by atoms with van der Waals surface area (Å²) in [6.07, 6.45) is 4.08. The molecule has 2 saturated heterocycles. The van der Waals surface area contributed by atoms with Crippen LogP contribution in [0.25, 0.3) is 5.65 Å². The summed E-state index contributed by atoms with van der Waals surface area (Å²) >= 11 is 0. The van der Waals surface area contributed by atoms with E-state index < -0.39 is 12.0 Å². The van der Waals surface area contributed by atoms with Crippen LogP contribution in [0.4, 0.5) is 5.82 Å². The van der Waals surface area contributed by atoms with Crippen molar-refractivity contribution in [3.8, 4) is 11.8 Å². The number of hydrogen-bond donors (Lipinski definition) is 1. The van der Waals surface area contributed by atoms with Gasteiger partial charge in [-0.2, -0.15) is 10.4 Å². The van der Waals surface area contributed by atoms with Crippen molar-refractivity contribution in [3.63, 3.8) is 0 Å². The predicted octanol–water partition coefficient (Wildman–Crippen LogP) is 3.35. The van der Waals surface area contributed by atoms with Crippen molar-refractivity contribution in [3.05, 3.63) is 52.3 Å². The summed E-state index contributed by atoms with van der Waals surface area (Å²) in [5.41, 5.74) is 4.96. The third-order valence-corrected chi connectivity index (χ3v) is 7.46. The first-order valence-electron chi connectivity index (χ1n) is 12.5. The molecule has 0 bridgehead atoms. The van der Waals surface area contributed by atoms with Crippen molar-refractivity contribution in [1.82, 2.24) is 19.5 Å². The van der Waals surface area contributed by atoms with Crippen molar-refractivity contribution in [2.75, 3.05) is 31.6 Å². The number of β-amino-alcohol motifs (C(OH)–C–C–N with tert-alkyl or cyclic N) is 1. The predicted molar refractivity (Wildman–Crippen MR) is 135 cm³/mol. The summed E-state index contributed by atoms with van der Waals surface area (Å²) < 4.78 is 7.19. The number of hydrogen-bond acceptors (Lipinski definition) is 7. The van der Waals surface area contributed by atoms with Crippen LogP contribution in [0.1, 0.15) is 58.0 Å². The van der Waals surface area contributed by atoms with Crippen molar-refractivity contribution in [2.45, 2.75) is 52.2 Å². The minimum atomic E-state index is -0.681. The molecule has 4 heterocycles. The lowest BCUT2D eigenvalue weighted by molar-refractivity contribution is 0.0605. The number of aliphatic hydroxyl groups is 1. The van der Waals surface area contributed by atoms with Crippen molar-refractivity contribution in [2.24, 2.45) is 5.92 Å². The number of nitrogens with zero attached hydrogens (tertiary/aromatic N) is 6. The molecule has 0 saturated carbocycles. The zero-order chi connectivity index (χ0) is 25.6. The fourth-order valence-corrected chi connectivity index (χ4v) is 5.47. The molecule has 0 spiro atoms. The minimum absolute atomic E-state index is 0.0124. The normalized spacial score (nSPS) is 22.2. The van der Waals surface area contributed by atoms with Crippen LogP contribution >= 0.6 is 0 Å². The summed E-state index contributed by atoms with van der Waals surface area (Å²) in [5.74, 6) is 1.13. The van der Waals surface area contributed by atoms with Gasteiger partial charge in [0.15, 0.2) is 5.65 Å². The van der Waals surface area contributed by atoms with E-state index in [1.807, 2.05) is 55.0 Å². The minimum Gasteiger partial charge on any atom is -0.496 e. The van der Waals surface area contributed by atoms with E-state index in [1.54, 1.807) is 11.6 Å². The maximum absolute atomic E-state index is 13.7. The number of aliphatic hydroxyl groups excluding tert-OH is 1. The summed E-state index contributed by atoms with van der Waals surface area (Å²) in [7, 11) is 1.64. The summed E-state index contributed by atoms with van der Waals surface area (Å²) in [6, 6.07) is 7.85. The van der Waals surface area contributed by atoms with Crippen molar-refractivity contribution in [1.29, 1.82) is 5.26 Å². The Morgan fingerprint density at radius 2 is 1.94 bits per heavy atom. The average molecular weight is 489 g/mol. The topological polar surface area (TPSA) is 107 Å². The Kier molecular flexibility index (Phi) is 6.31. The number of methoxy groups -OCH3 is 1. The third-order valence-electron chi connectivity index (χ3n) is 7.46. The van der Waals surface area contributed by atoms with Gasteiger partial charge in [0.2, 0.25) is 0 Å². The highest BCUT2D eigenvalue weighted by molar-refractivity contribution is 5.96. The highest BCUT2D eigenvalue weighted by Crippen LogP contribution is 2.34. The Hall–Kier alpha value is -3.64. The number of rotatable bonds is 4. The van der Waals surface area contributed by atoms with Crippen molar-refractivity contribution >= 4 is 17.4 Å². The highest BCUT2D eigenvalue weighted by atomic mass is 16.5. The van der Waals surface area contributed by atoms with Crippen LogP contribution in [0.2, 0.25) is 0 Å². The first-order valence-corrected chi connectivity index (χ1v) is 12.5. The second-order valence-corrected chi connectivity index (χ2v) is 9.97. The Bertz CT molecular complexity index is 1360. The Labute approximate surface area is 210 Å². The van der Waals surface area contributed by atoms with Crippen LogP contribution in [0.15, 0.2) is 24.4 Å². The number of aryl methyl sites for hydroxylation is 3. The van der Waals surface area contributed by atoms with Crippen molar-refractivity contribution < 1.29 is 14.6 Å². The molecule has 9 heteroatoms. The van der Waals surface area contributed by atoms with Crippen LogP contribution in [-0.2, 0) is 0 Å². The Morgan fingerprint density at radius 3 is 2.67 bits per heavy atom. The summed E-state index contributed by atoms with van der Waals surface area (Å²) in [5, 5.41) is 24.3. The molecule has 3 aromatic rings. The molecular weight excluding hydrogens is 456 g/mol. The number of aromatic nitrogens is 3. The van der Waals surface area contributed by atoms with Gasteiger partial charge in [0, 0.05) is 43.0 Å². The number of carbonyl (C=O) groups is 1. The standard InChI is InChI=1S/C27H32N6O3/c1-16-10-24(36-4)17(2)9-20(16)27(35)32-8-6-5-7-22(32)21-11-25-29-26(18(3)13-33(25)30-21)31-14-19(12-28)23(34)15-31/h9-11,13,19,22-23,34H,5-8,14-15H2,1-4H3/t19-,22+,23+/m1/s1. The fraction of sp³-hybridized carbons (Fsp3) is 0.481. The first-order chi connectivity index (χ1) is 17.3. The van der Waals surface area contributed by atoms with Crippen LogP contribution in [0.3, 0.4) is 0 Å². The summed E-state index contributed by atoms with van der Waals surface area (Å²) in [6.45, 7) is 7.37. The molecule has 0 unspecified atom stereocenters. The number of ether oxygens (including phenoxy) is 1. The van der Waals surface area contributed by atoms with Gasteiger partial charge in [-0.15, -0.1) is 0 Å². The molecule has 1 aromatic carbocycles. The number of piperidine rings is 1. The van der Waals surface area contributed by atoms with Gasteiger partial charge in [0.1, 0.15) is 11.6 Å². The molecule has 9 nitrogen and oxygen atoms in total. The molecule has 0 radical (unpaired) electrons. The molecule has 5 rings (SSSR count). The smallest absolute Gasteiger partial charge is 0.254 e. The van der Waals surface area contributed by atoms with Crippen LogP contribution in [0.5, 0.6) is 5.75 Å². The lowest BCUT2D eigenvalue weighted by atomic mass is 9.96. The maximum atomic E-state index is 13.7. The van der Waals surface area contributed by atoms with E-state index in [-0.39, 0.29) is 11.9 Å². The second-order valence-electron chi connectivity index (χ2n) is 9.97. The van der Waals surface area contributed by atoms with Gasteiger partial charge >= 0.3 is 0 Å². The Morgan fingerprint density at radius 1 is 1.14 bits per heavy atom. The van der Waals surface area contributed by atoms with Crippen LogP contribution in [0, 0.1) is 38.0 Å². The molecular formula is C27H32N6O3. The molecule has 2 fully saturated rings. The quantitative estimate of drug-likeness (QED) is 0.600. The largest absolute Gasteiger partial charge is 0.496 e. The van der Waals surface area contributed by atoms with E-state index in [0.29, 0.717) is 30.8 Å². The number of benzene rings is 1. The lowest BCUT2D eigenvalue weighted by Crippen LogP contribution is -2.39. The second kappa shape index (κ2) is 9.43. The van der Waals surface area contributed by atoms with Crippen LogP contribution in [-0.4, -0.2) is 63.4 Å². The van der Waals surface area contributed by atoms with E-state index in [9.17, 15) is 15.2 Å². The fourth-order valence-electron chi connectivity index (χ4n) is 5.47. The van der Waals surface area contributed by atoms with E-state index in [1.165, 1.54) is 0 Å². The molecule has 2 aliphatic heterocycles. The first kappa shape index (κ1) is 24.1. The summed E-state index contributed by atoms with van der Waals surface area (Å²) in [4.78, 5) is 22.5. The molecule has 2 aliphatic rings.